The van der Waals surface area contributed by atoms with E-state index < -0.39 is 34.6 Å². The minimum Gasteiger partial charge on any atom is -0.203 e. The Balaban J connectivity index is 3.26. The third-order valence-electron chi connectivity index (χ3n) is 2.08. The summed E-state index contributed by atoms with van der Waals surface area (Å²) in [7, 11) is 0.834. The molecule has 0 spiro atoms. The van der Waals surface area contributed by atoms with Gasteiger partial charge in [0.1, 0.15) is 0 Å². The Labute approximate surface area is 86.5 Å². The van der Waals surface area contributed by atoms with Crippen molar-refractivity contribution >= 4 is 10.2 Å². The zero-order valence-electron chi connectivity index (χ0n) is 8.01. The Morgan fingerprint density at radius 1 is 0.733 bits per heavy atom. The molecular formula is C9H9F5Si. The van der Waals surface area contributed by atoms with Gasteiger partial charge in [0.25, 0.3) is 0 Å². The first-order valence-corrected chi connectivity index (χ1v) is 5.92. The van der Waals surface area contributed by atoms with Crippen molar-refractivity contribution in [3.63, 3.8) is 0 Å². The number of halogens is 5. The predicted molar refractivity (Wildman–Crippen MR) is 49.3 cm³/mol. The van der Waals surface area contributed by atoms with Crippen molar-refractivity contribution in [3.05, 3.63) is 34.6 Å². The lowest BCUT2D eigenvalue weighted by atomic mass is 10.1. The van der Waals surface area contributed by atoms with Gasteiger partial charge in [-0.2, -0.15) is 0 Å². The van der Waals surface area contributed by atoms with E-state index in [4.69, 9.17) is 0 Å². The van der Waals surface area contributed by atoms with E-state index >= 15 is 0 Å². The van der Waals surface area contributed by atoms with Gasteiger partial charge >= 0.3 is 0 Å². The van der Waals surface area contributed by atoms with Crippen LogP contribution in [0.1, 0.15) is 12.0 Å². The molecule has 0 amide bonds. The molecule has 84 valence electrons. The van der Waals surface area contributed by atoms with Gasteiger partial charge in [0, 0.05) is 15.8 Å². The maximum atomic E-state index is 13.0. The molecule has 0 nitrogen and oxygen atoms in total. The van der Waals surface area contributed by atoms with Crippen LogP contribution in [0.5, 0.6) is 0 Å². The highest BCUT2D eigenvalue weighted by molar-refractivity contribution is 6.08. The number of hydrogen-bond acceptors (Lipinski definition) is 0. The van der Waals surface area contributed by atoms with Gasteiger partial charge in [-0.1, -0.05) is 12.5 Å². The quantitative estimate of drug-likeness (QED) is 0.328. The van der Waals surface area contributed by atoms with Crippen LogP contribution in [0.2, 0.25) is 6.04 Å². The van der Waals surface area contributed by atoms with Crippen LogP contribution in [0.15, 0.2) is 0 Å². The van der Waals surface area contributed by atoms with Crippen molar-refractivity contribution in [2.45, 2.75) is 18.9 Å². The lowest BCUT2D eigenvalue weighted by molar-refractivity contribution is 0.369. The molecule has 0 bridgehead atoms. The van der Waals surface area contributed by atoms with Gasteiger partial charge in [-0.25, -0.2) is 22.0 Å². The summed E-state index contributed by atoms with van der Waals surface area (Å²) in [5.74, 6) is -9.24. The minimum absolute atomic E-state index is 0.116. The van der Waals surface area contributed by atoms with E-state index in [0.717, 1.165) is 16.3 Å². The van der Waals surface area contributed by atoms with E-state index in [0.29, 0.717) is 6.42 Å². The molecule has 0 unspecified atom stereocenters. The van der Waals surface area contributed by atoms with E-state index in [1.165, 1.54) is 0 Å². The number of rotatable bonds is 3. The summed E-state index contributed by atoms with van der Waals surface area (Å²) in [4.78, 5) is 0. The highest BCUT2D eigenvalue weighted by Gasteiger charge is 2.24. The van der Waals surface area contributed by atoms with E-state index in [-0.39, 0.29) is 6.42 Å². The highest BCUT2D eigenvalue weighted by Crippen LogP contribution is 2.24. The first-order valence-electron chi connectivity index (χ1n) is 4.51. The first-order chi connectivity index (χ1) is 7.00. The Morgan fingerprint density at radius 3 is 1.53 bits per heavy atom. The first kappa shape index (κ1) is 12.2. The predicted octanol–water partition coefficient (Wildman–Crippen LogP) is 2.10. The molecule has 0 saturated heterocycles. The summed E-state index contributed by atoms with van der Waals surface area (Å²) in [6, 6.07) is 0.749. The molecule has 1 aromatic carbocycles. The molecule has 1 aromatic rings. The van der Waals surface area contributed by atoms with Crippen molar-refractivity contribution in [1.29, 1.82) is 0 Å². The molecule has 0 heterocycles. The van der Waals surface area contributed by atoms with Crippen molar-refractivity contribution in [3.8, 4) is 0 Å². The normalized spacial score (nSPS) is 11.0. The summed E-state index contributed by atoms with van der Waals surface area (Å²) in [6.45, 7) is 0. The minimum atomic E-state index is -2.10. The summed E-state index contributed by atoms with van der Waals surface area (Å²) in [6.07, 6.45) is 0.319. The molecule has 0 aliphatic heterocycles. The van der Waals surface area contributed by atoms with Gasteiger partial charge in [0.2, 0.25) is 5.82 Å². The standard InChI is InChI=1S/C9H9F5Si/c10-5-4(2-1-3-15)6(11)8(13)9(14)7(5)12/h1-3H2,15H3. The van der Waals surface area contributed by atoms with Crippen LogP contribution in [0.3, 0.4) is 0 Å². The molecule has 0 fully saturated rings. The van der Waals surface area contributed by atoms with Crippen LogP contribution >= 0.6 is 0 Å². The third kappa shape index (κ3) is 2.19. The second-order valence-corrected chi connectivity index (χ2v) is 4.15. The van der Waals surface area contributed by atoms with E-state index in [9.17, 15) is 22.0 Å². The molecule has 0 aromatic heterocycles. The molecule has 0 aliphatic rings. The average Bonchev–Trinajstić information content (AvgIpc) is 2.24. The number of benzene rings is 1. The van der Waals surface area contributed by atoms with Gasteiger partial charge in [0.15, 0.2) is 23.3 Å². The van der Waals surface area contributed by atoms with Crippen LogP contribution in [0.4, 0.5) is 22.0 Å². The Hall–Kier alpha value is -0.913. The fourth-order valence-electron chi connectivity index (χ4n) is 1.22. The van der Waals surface area contributed by atoms with Crippen molar-refractivity contribution in [2.75, 3.05) is 0 Å². The summed E-state index contributed by atoms with van der Waals surface area (Å²) >= 11 is 0. The number of hydrogen-bond donors (Lipinski definition) is 0. The zero-order chi connectivity index (χ0) is 11.6. The van der Waals surface area contributed by atoms with Gasteiger partial charge in [0.05, 0.1) is 0 Å². The third-order valence-corrected chi connectivity index (χ3v) is 2.79. The Kier molecular flexibility index (Phi) is 3.84. The monoisotopic (exact) mass is 240 g/mol. The van der Waals surface area contributed by atoms with E-state index in [1.54, 1.807) is 0 Å². The van der Waals surface area contributed by atoms with Gasteiger partial charge in [-0.05, 0) is 6.42 Å². The lowest BCUT2D eigenvalue weighted by Gasteiger charge is -2.07. The van der Waals surface area contributed by atoms with Crippen LogP contribution in [-0.4, -0.2) is 10.2 Å². The van der Waals surface area contributed by atoms with Gasteiger partial charge < -0.3 is 0 Å². The zero-order valence-corrected chi connectivity index (χ0v) is 10.0. The Bertz CT molecular complexity index is 348. The second kappa shape index (κ2) is 4.74. The topological polar surface area (TPSA) is 0 Å². The van der Waals surface area contributed by atoms with Crippen molar-refractivity contribution in [2.24, 2.45) is 0 Å². The van der Waals surface area contributed by atoms with Crippen molar-refractivity contribution < 1.29 is 22.0 Å². The molecule has 0 atom stereocenters. The maximum absolute atomic E-state index is 13.0. The molecule has 6 heteroatoms. The lowest BCUT2D eigenvalue weighted by Crippen LogP contribution is -2.07. The van der Waals surface area contributed by atoms with Gasteiger partial charge in [-0.3, -0.25) is 0 Å². The SMILES string of the molecule is Fc1c(F)c(F)c(CCC[SiH3])c(F)c1F. The average molecular weight is 240 g/mol. The van der Waals surface area contributed by atoms with Crippen LogP contribution in [0, 0.1) is 29.1 Å². The maximum Gasteiger partial charge on any atom is 0.200 e. The molecule has 15 heavy (non-hydrogen) atoms. The summed E-state index contributed by atoms with van der Waals surface area (Å²) in [5, 5.41) is 0. The molecule has 0 N–H and O–H groups in total. The van der Waals surface area contributed by atoms with Crippen LogP contribution in [0.25, 0.3) is 0 Å². The second-order valence-electron chi connectivity index (χ2n) is 3.15. The molecule has 1 rings (SSSR count). The molecule has 0 radical (unpaired) electrons. The molecule has 0 saturated carbocycles. The largest absolute Gasteiger partial charge is 0.203 e. The molecular weight excluding hydrogens is 231 g/mol. The fraction of sp³-hybridized carbons (Fsp3) is 0.333. The van der Waals surface area contributed by atoms with Crippen LogP contribution < -0.4 is 0 Å². The van der Waals surface area contributed by atoms with Gasteiger partial charge in [-0.15, -0.1) is 0 Å². The summed E-state index contributed by atoms with van der Waals surface area (Å²) in [5.41, 5.74) is -0.706. The fourth-order valence-corrected chi connectivity index (χ4v) is 1.58. The molecule has 0 aliphatic carbocycles. The summed E-state index contributed by atoms with van der Waals surface area (Å²) < 4.78 is 64.0. The Morgan fingerprint density at radius 2 is 1.13 bits per heavy atom. The van der Waals surface area contributed by atoms with Crippen LogP contribution in [-0.2, 0) is 6.42 Å². The van der Waals surface area contributed by atoms with E-state index in [2.05, 4.69) is 0 Å². The van der Waals surface area contributed by atoms with E-state index in [1.807, 2.05) is 0 Å². The highest BCUT2D eigenvalue weighted by atomic mass is 28.1. The smallest absolute Gasteiger partial charge is 0.200 e. The van der Waals surface area contributed by atoms with Crippen molar-refractivity contribution in [1.82, 2.24) is 0 Å².